The number of ether oxygens (including phenoxy) is 1. The van der Waals surface area contributed by atoms with Gasteiger partial charge in [-0.05, 0) is 58.5 Å². The van der Waals surface area contributed by atoms with Gasteiger partial charge in [0.2, 0.25) is 0 Å². The molecule has 0 saturated heterocycles. The van der Waals surface area contributed by atoms with Crippen LogP contribution in [0.4, 0.5) is 0 Å². The highest BCUT2D eigenvalue weighted by Gasteiger charge is 2.25. The van der Waals surface area contributed by atoms with E-state index >= 15 is 0 Å². The average molecular weight is 468 g/mol. The number of nitrogens with one attached hydrogen (secondary N) is 1. The van der Waals surface area contributed by atoms with Crippen molar-refractivity contribution in [1.82, 2.24) is 5.32 Å². The second kappa shape index (κ2) is 9.27. The van der Waals surface area contributed by atoms with Gasteiger partial charge in [0.05, 0.1) is 31.6 Å². The van der Waals surface area contributed by atoms with Crippen LogP contribution < -0.4 is 10.1 Å². The van der Waals surface area contributed by atoms with Crippen LogP contribution >= 0.6 is 0 Å². The van der Waals surface area contributed by atoms with Crippen LogP contribution in [0.2, 0.25) is 0 Å². The van der Waals surface area contributed by atoms with Gasteiger partial charge in [-0.1, -0.05) is 48.5 Å². The Bertz CT molecular complexity index is 1420. The van der Waals surface area contributed by atoms with Gasteiger partial charge in [0.15, 0.2) is 0 Å². The highest BCUT2D eigenvalue weighted by molar-refractivity contribution is 7.85. The zero-order valence-corrected chi connectivity index (χ0v) is 19.9. The molecule has 174 valence electrons. The van der Waals surface area contributed by atoms with Crippen molar-refractivity contribution in [2.45, 2.75) is 25.9 Å². The number of hydrogen-bond donors (Lipinski definition) is 2. The van der Waals surface area contributed by atoms with Crippen LogP contribution in [0.15, 0.2) is 60.7 Å². The highest BCUT2D eigenvalue weighted by Crippen LogP contribution is 2.38. The van der Waals surface area contributed by atoms with Gasteiger partial charge < -0.3 is 15.2 Å². The number of benzene rings is 4. The van der Waals surface area contributed by atoms with Crippen molar-refractivity contribution < 1.29 is 22.4 Å². The number of aliphatic hydroxyl groups is 1. The Kier molecular flexibility index (Phi) is 6.59. The molecule has 4 aromatic carbocycles. The van der Waals surface area contributed by atoms with Gasteiger partial charge in [0.25, 0.3) is 10.1 Å². The Morgan fingerprint density at radius 3 is 2.09 bits per heavy atom. The first-order valence-electron chi connectivity index (χ1n) is 10.9. The lowest BCUT2D eigenvalue weighted by molar-refractivity contribution is 0.118. The second-order valence-corrected chi connectivity index (χ2v) is 10.2. The smallest absolute Gasteiger partial charge is 0.264 e. The van der Waals surface area contributed by atoms with Gasteiger partial charge in [0.1, 0.15) is 5.75 Å². The molecule has 0 aromatic heterocycles. The fraction of sp³-hybridized carbons (Fsp3) is 0.308. The van der Waals surface area contributed by atoms with Crippen molar-refractivity contribution in [3.8, 4) is 5.75 Å². The number of rotatable bonds is 9. The maximum absolute atomic E-state index is 11.4. The predicted molar refractivity (Wildman–Crippen MR) is 133 cm³/mol. The van der Waals surface area contributed by atoms with Crippen LogP contribution in [0.25, 0.3) is 32.3 Å². The fourth-order valence-corrected chi connectivity index (χ4v) is 4.59. The summed E-state index contributed by atoms with van der Waals surface area (Å²) in [6.45, 7) is 4.32. The van der Waals surface area contributed by atoms with Gasteiger partial charge in [-0.2, -0.15) is 8.42 Å². The van der Waals surface area contributed by atoms with Crippen LogP contribution in [0, 0.1) is 0 Å². The summed E-state index contributed by atoms with van der Waals surface area (Å²) in [5.74, 6) is 0.863. The lowest BCUT2D eigenvalue weighted by Gasteiger charge is -2.28. The summed E-state index contributed by atoms with van der Waals surface area (Å²) in [4.78, 5) is 0. The summed E-state index contributed by atoms with van der Waals surface area (Å²) in [7, 11) is -3.61. The molecule has 4 aromatic rings. The summed E-state index contributed by atoms with van der Waals surface area (Å²) < 4.78 is 33.8. The Balaban J connectivity index is 1.83. The van der Waals surface area contributed by atoms with Crippen molar-refractivity contribution in [3.63, 3.8) is 0 Å². The number of aliphatic hydroxyl groups excluding tert-OH is 1. The molecule has 0 heterocycles. The molecule has 0 radical (unpaired) electrons. The van der Waals surface area contributed by atoms with Crippen LogP contribution in [-0.2, 0) is 20.8 Å². The molecule has 0 aliphatic rings. The summed E-state index contributed by atoms with van der Waals surface area (Å²) in [5.41, 5.74) is 0.131. The van der Waals surface area contributed by atoms with E-state index in [-0.39, 0.29) is 13.2 Å². The molecule has 1 atom stereocenters. The van der Waals surface area contributed by atoms with E-state index in [2.05, 4.69) is 41.7 Å². The topological polar surface area (TPSA) is 84.9 Å². The van der Waals surface area contributed by atoms with Gasteiger partial charge >= 0.3 is 0 Å². The van der Waals surface area contributed by atoms with Crippen molar-refractivity contribution in [1.29, 1.82) is 0 Å². The Labute approximate surface area is 194 Å². The van der Waals surface area contributed by atoms with Gasteiger partial charge in [-0.25, -0.2) is 0 Å². The lowest BCUT2D eigenvalue weighted by Crippen LogP contribution is -2.49. The van der Waals surface area contributed by atoms with Crippen molar-refractivity contribution in [3.05, 3.63) is 66.2 Å². The zero-order valence-electron chi connectivity index (χ0n) is 19.1. The molecule has 33 heavy (non-hydrogen) atoms. The predicted octanol–water partition coefficient (Wildman–Crippen LogP) is 4.36. The minimum atomic E-state index is -3.61. The Morgan fingerprint density at radius 1 is 0.909 bits per heavy atom. The van der Waals surface area contributed by atoms with Gasteiger partial charge in [-0.3, -0.25) is 4.18 Å². The molecule has 0 aliphatic carbocycles. The minimum absolute atomic E-state index is 0.158. The molecule has 0 aliphatic heterocycles. The standard InChI is InChI=1S/C26H29NO5S/c1-4-31-25-14-24-20-10-6-5-9-19(20)18(13-23(24)21-11-7-8-12-22(21)25)15-27-26(2,16-28)17-32-33(3,29)30/h5-14,27-28H,4,15-17H2,1-3H3. The largest absolute Gasteiger partial charge is 0.493 e. The molecule has 6 nitrogen and oxygen atoms in total. The average Bonchev–Trinajstić information content (AvgIpc) is 2.81. The molecule has 0 bridgehead atoms. The molecular weight excluding hydrogens is 438 g/mol. The third-order valence-electron chi connectivity index (χ3n) is 5.88. The van der Waals surface area contributed by atoms with E-state index in [0.717, 1.165) is 49.9 Å². The van der Waals surface area contributed by atoms with Crippen LogP contribution in [0.3, 0.4) is 0 Å². The number of fused-ring (bicyclic) bond motifs is 5. The first-order chi connectivity index (χ1) is 15.7. The minimum Gasteiger partial charge on any atom is -0.493 e. The lowest BCUT2D eigenvalue weighted by atomic mass is 9.92. The van der Waals surface area contributed by atoms with Crippen LogP contribution in [0.5, 0.6) is 5.75 Å². The summed E-state index contributed by atoms with van der Waals surface area (Å²) >= 11 is 0. The van der Waals surface area contributed by atoms with E-state index in [1.807, 2.05) is 31.2 Å². The van der Waals surface area contributed by atoms with E-state index in [9.17, 15) is 13.5 Å². The van der Waals surface area contributed by atoms with Crippen LogP contribution in [-0.4, -0.2) is 45.1 Å². The van der Waals surface area contributed by atoms with E-state index in [0.29, 0.717) is 13.2 Å². The third kappa shape index (κ3) is 4.96. The first kappa shape index (κ1) is 23.4. The van der Waals surface area contributed by atoms with Crippen molar-refractivity contribution >= 4 is 42.4 Å². The first-order valence-corrected chi connectivity index (χ1v) is 12.8. The molecule has 4 rings (SSSR count). The van der Waals surface area contributed by atoms with E-state index in [1.165, 1.54) is 0 Å². The fourth-order valence-electron chi connectivity index (χ4n) is 4.11. The normalized spacial score (nSPS) is 14.1. The molecular formula is C26H29NO5S. The molecule has 0 amide bonds. The summed E-state index contributed by atoms with van der Waals surface area (Å²) in [6, 6.07) is 20.7. The molecule has 0 spiro atoms. The molecule has 2 N–H and O–H groups in total. The quantitative estimate of drug-likeness (QED) is 0.281. The Morgan fingerprint density at radius 2 is 1.48 bits per heavy atom. The summed E-state index contributed by atoms with van der Waals surface area (Å²) in [6.07, 6.45) is 1.00. The zero-order chi connectivity index (χ0) is 23.6. The monoisotopic (exact) mass is 467 g/mol. The van der Waals surface area contributed by atoms with E-state index in [1.54, 1.807) is 6.92 Å². The third-order valence-corrected chi connectivity index (χ3v) is 6.42. The Hall–Kier alpha value is -2.71. The maximum atomic E-state index is 11.4. The molecule has 0 fully saturated rings. The number of hydrogen-bond acceptors (Lipinski definition) is 6. The molecule has 7 heteroatoms. The highest BCUT2D eigenvalue weighted by atomic mass is 32.2. The van der Waals surface area contributed by atoms with E-state index in [4.69, 9.17) is 8.92 Å². The molecule has 0 saturated carbocycles. The van der Waals surface area contributed by atoms with Crippen molar-refractivity contribution in [2.75, 3.05) is 26.1 Å². The maximum Gasteiger partial charge on any atom is 0.264 e. The van der Waals surface area contributed by atoms with Crippen molar-refractivity contribution in [2.24, 2.45) is 0 Å². The summed E-state index contributed by atoms with van der Waals surface area (Å²) in [5, 5.41) is 19.8. The van der Waals surface area contributed by atoms with E-state index < -0.39 is 15.7 Å². The van der Waals surface area contributed by atoms with Gasteiger partial charge in [0, 0.05) is 11.9 Å². The van der Waals surface area contributed by atoms with Crippen LogP contribution in [0.1, 0.15) is 19.4 Å². The second-order valence-electron chi connectivity index (χ2n) is 8.57. The van der Waals surface area contributed by atoms with Gasteiger partial charge in [-0.15, -0.1) is 0 Å². The SMILES string of the molecule is CCOc1cc2c3ccccc3c(CNC(C)(CO)COS(C)(=O)=O)cc2c2ccccc12. The molecule has 1 unspecified atom stereocenters.